The molecule has 1 unspecified atom stereocenters. The normalized spacial score (nSPS) is 17.4. The summed E-state index contributed by atoms with van der Waals surface area (Å²) in [6, 6.07) is 1.61. The summed E-state index contributed by atoms with van der Waals surface area (Å²) in [5.74, 6) is 0.540. The predicted octanol–water partition coefficient (Wildman–Crippen LogP) is 2.26. The van der Waals surface area contributed by atoms with Crippen LogP contribution in [0.3, 0.4) is 0 Å². The third-order valence-corrected chi connectivity index (χ3v) is 3.73. The molecule has 0 aromatic carbocycles. The summed E-state index contributed by atoms with van der Waals surface area (Å²) in [5.41, 5.74) is 0.555. The molecule has 0 saturated heterocycles. The van der Waals surface area contributed by atoms with Crippen LogP contribution in [0.1, 0.15) is 31.2 Å². The Morgan fingerprint density at radius 1 is 1.58 bits per heavy atom. The minimum Gasteiger partial charge on any atom is -0.391 e. The number of aromatic nitrogens is 1. The van der Waals surface area contributed by atoms with Crippen LogP contribution in [0.4, 0.5) is 11.5 Å². The second kappa shape index (κ2) is 5.97. The number of aliphatic hydroxyl groups is 1. The Balaban J connectivity index is 2.02. The van der Waals surface area contributed by atoms with Gasteiger partial charge < -0.3 is 10.4 Å². The fraction of sp³-hybridized carbons (Fsp3) is 0.615. The second-order valence-electron chi connectivity index (χ2n) is 5.07. The molecule has 19 heavy (non-hydrogen) atoms. The predicted molar refractivity (Wildman–Crippen MR) is 72.1 cm³/mol. The summed E-state index contributed by atoms with van der Waals surface area (Å²) < 4.78 is 0. The molecule has 104 valence electrons. The maximum Gasteiger partial charge on any atom is 0.314 e. The van der Waals surface area contributed by atoms with E-state index in [-0.39, 0.29) is 11.5 Å². The quantitative estimate of drug-likeness (QED) is 0.629. The Kier molecular flexibility index (Phi) is 4.31. The van der Waals surface area contributed by atoms with Crippen molar-refractivity contribution in [2.45, 2.75) is 38.7 Å². The highest BCUT2D eigenvalue weighted by molar-refractivity contribution is 5.59. The van der Waals surface area contributed by atoms with E-state index >= 15 is 0 Å². The molecular weight excluding hydrogens is 246 g/mol. The molecular formula is C13H19N3O3. The maximum atomic E-state index is 11.0. The molecule has 0 amide bonds. The Labute approximate surface area is 112 Å². The lowest BCUT2D eigenvalue weighted by molar-refractivity contribution is -0.384. The first kappa shape index (κ1) is 13.7. The summed E-state index contributed by atoms with van der Waals surface area (Å²) in [6.07, 6.45) is 5.45. The average molecular weight is 265 g/mol. The molecule has 2 rings (SSSR count). The molecule has 1 aromatic rings. The summed E-state index contributed by atoms with van der Waals surface area (Å²) >= 11 is 0. The number of nitrogens with one attached hydrogen (secondary N) is 1. The number of nitro groups is 1. The van der Waals surface area contributed by atoms with E-state index in [9.17, 15) is 15.2 Å². The lowest BCUT2D eigenvalue weighted by atomic mass is 10.0. The van der Waals surface area contributed by atoms with E-state index in [2.05, 4.69) is 10.3 Å². The van der Waals surface area contributed by atoms with Crippen LogP contribution in [-0.4, -0.2) is 27.7 Å². The number of aryl methyl sites for hydroxylation is 1. The number of aliphatic hydroxyl groups excluding tert-OH is 1. The second-order valence-corrected chi connectivity index (χ2v) is 5.07. The van der Waals surface area contributed by atoms with Crippen molar-refractivity contribution in [1.29, 1.82) is 0 Å². The van der Waals surface area contributed by atoms with Crippen molar-refractivity contribution in [3.63, 3.8) is 0 Å². The fourth-order valence-corrected chi connectivity index (χ4v) is 2.62. The number of hydrogen-bond acceptors (Lipinski definition) is 5. The first-order valence-electron chi connectivity index (χ1n) is 6.61. The van der Waals surface area contributed by atoms with Gasteiger partial charge in [-0.2, -0.15) is 0 Å². The first-order chi connectivity index (χ1) is 9.09. The van der Waals surface area contributed by atoms with Gasteiger partial charge in [-0.1, -0.05) is 12.8 Å². The summed E-state index contributed by atoms with van der Waals surface area (Å²) in [7, 11) is 0. The van der Waals surface area contributed by atoms with Crippen molar-refractivity contribution in [3.8, 4) is 0 Å². The summed E-state index contributed by atoms with van der Waals surface area (Å²) in [5, 5.41) is 24.0. The van der Waals surface area contributed by atoms with Crippen molar-refractivity contribution < 1.29 is 10.0 Å². The minimum absolute atomic E-state index is 0.0129. The van der Waals surface area contributed by atoms with E-state index in [1.165, 1.54) is 6.20 Å². The van der Waals surface area contributed by atoms with Crippen LogP contribution in [0, 0.1) is 23.0 Å². The van der Waals surface area contributed by atoms with Gasteiger partial charge >= 0.3 is 5.69 Å². The zero-order valence-electron chi connectivity index (χ0n) is 11.0. The number of hydrogen-bond donors (Lipinski definition) is 2. The van der Waals surface area contributed by atoms with Crippen molar-refractivity contribution in [1.82, 2.24) is 4.98 Å². The highest BCUT2D eigenvalue weighted by Crippen LogP contribution is 2.29. The van der Waals surface area contributed by atoms with Gasteiger partial charge in [0, 0.05) is 18.3 Å². The first-order valence-corrected chi connectivity index (χ1v) is 6.61. The van der Waals surface area contributed by atoms with Gasteiger partial charge in [-0.3, -0.25) is 10.1 Å². The molecule has 6 nitrogen and oxygen atoms in total. The molecule has 1 aliphatic carbocycles. The molecule has 1 aromatic heterocycles. The average Bonchev–Trinajstić information content (AvgIpc) is 2.89. The van der Waals surface area contributed by atoms with E-state index in [4.69, 9.17) is 0 Å². The minimum atomic E-state index is -0.468. The van der Waals surface area contributed by atoms with Gasteiger partial charge in [0.1, 0.15) is 0 Å². The van der Waals surface area contributed by atoms with Gasteiger partial charge in [-0.25, -0.2) is 4.98 Å². The zero-order valence-corrected chi connectivity index (χ0v) is 11.0. The van der Waals surface area contributed by atoms with Gasteiger partial charge in [0.25, 0.3) is 0 Å². The van der Waals surface area contributed by atoms with E-state index in [1.807, 2.05) is 0 Å². The number of rotatable bonds is 5. The molecule has 1 heterocycles. The van der Waals surface area contributed by atoms with Crippen LogP contribution in [0.15, 0.2) is 12.3 Å². The van der Waals surface area contributed by atoms with Crippen molar-refractivity contribution in [2.24, 2.45) is 5.92 Å². The lowest BCUT2D eigenvalue weighted by Crippen LogP contribution is -2.27. The third-order valence-electron chi connectivity index (χ3n) is 3.73. The molecule has 0 aliphatic heterocycles. The number of nitrogens with zero attached hydrogens (tertiary/aromatic N) is 2. The van der Waals surface area contributed by atoms with Crippen LogP contribution in [0.25, 0.3) is 0 Å². The van der Waals surface area contributed by atoms with Gasteiger partial charge in [0.15, 0.2) is 0 Å². The van der Waals surface area contributed by atoms with Crippen molar-refractivity contribution in [2.75, 3.05) is 11.9 Å². The van der Waals surface area contributed by atoms with Crippen LogP contribution in [-0.2, 0) is 0 Å². The van der Waals surface area contributed by atoms with E-state index in [0.717, 1.165) is 25.7 Å². The van der Waals surface area contributed by atoms with Crippen LogP contribution < -0.4 is 5.32 Å². The Hall–Kier alpha value is -1.69. The molecule has 1 aliphatic rings. The monoisotopic (exact) mass is 265 g/mol. The smallest absolute Gasteiger partial charge is 0.314 e. The zero-order chi connectivity index (χ0) is 13.8. The largest absolute Gasteiger partial charge is 0.391 e. The standard InChI is InChI=1S/C13H19N3O3/c1-9-6-7-14-13(12(9)16(18)19)15-8-11(17)10-4-2-3-5-10/h6-7,10-11,17H,2-5,8H2,1H3,(H,14,15). The lowest BCUT2D eigenvalue weighted by Gasteiger charge is -2.18. The summed E-state index contributed by atoms with van der Waals surface area (Å²) in [4.78, 5) is 14.6. The highest BCUT2D eigenvalue weighted by atomic mass is 16.6. The van der Waals surface area contributed by atoms with E-state index in [1.54, 1.807) is 13.0 Å². The molecule has 1 saturated carbocycles. The van der Waals surface area contributed by atoms with Crippen LogP contribution >= 0.6 is 0 Å². The van der Waals surface area contributed by atoms with Gasteiger partial charge in [-0.05, 0) is 31.7 Å². The number of anilines is 1. The van der Waals surface area contributed by atoms with Gasteiger partial charge in [-0.15, -0.1) is 0 Å². The fourth-order valence-electron chi connectivity index (χ4n) is 2.62. The Morgan fingerprint density at radius 2 is 2.26 bits per heavy atom. The van der Waals surface area contributed by atoms with Gasteiger partial charge in [0.2, 0.25) is 5.82 Å². The molecule has 0 bridgehead atoms. The SMILES string of the molecule is Cc1ccnc(NCC(O)C2CCCC2)c1[N+](=O)[O-]. The third kappa shape index (κ3) is 3.20. The topological polar surface area (TPSA) is 88.3 Å². The van der Waals surface area contributed by atoms with E-state index < -0.39 is 11.0 Å². The van der Waals surface area contributed by atoms with Crippen LogP contribution in [0.5, 0.6) is 0 Å². The van der Waals surface area contributed by atoms with Crippen molar-refractivity contribution in [3.05, 3.63) is 27.9 Å². The van der Waals surface area contributed by atoms with Crippen molar-refractivity contribution >= 4 is 11.5 Å². The Morgan fingerprint density at radius 3 is 2.89 bits per heavy atom. The highest BCUT2D eigenvalue weighted by Gasteiger charge is 2.24. The Bertz CT molecular complexity index is 458. The van der Waals surface area contributed by atoms with Gasteiger partial charge in [0.05, 0.1) is 11.0 Å². The maximum absolute atomic E-state index is 11.0. The molecule has 0 radical (unpaired) electrons. The molecule has 1 atom stereocenters. The molecule has 2 N–H and O–H groups in total. The van der Waals surface area contributed by atoms with Crippen LogP contribution in [0.2, 0.25) is 0 Å². The number of pyridine rings is 1. The molecule has 1 fully saturated rings. The van der Waals surface area contributed by atoms with E-state index in [0.29, 0.717) is 18.0 Å². The molecule has 6 heteroatoms. The summed E-state index contributed by atoms with van der Waals surface area (Å²) in [6.45, 7) is 1.99. The molecule has 0 spiro atoms.